The molecular formula is C19H38N2O2. The molecule has 1 aliphatic rings. The van der Waals surface area contributed by atoms with Crippen LogP contribution in [0.1, 0.15) is 92.4 Å². The van der Waals surface area contributed by atoms with Gasteiger partial charge in [-0.2, -0.15) is 0 Å². The van der Waals surface area contributed by atoms with Gasteiger partial charge >= 0.3 is 6.09 Å². The molecule has 3 atom stereocenters. The molecule has 0 saturated heterocycles. The van der Waals surface area contributed by atoms with Crippen LogP contribution in [0.4, 0.5) is 4.79 Å². The summed E-state index contributed by atoms with van der Waals surface area (Å²) in [6.45, 7) is 10.2. The first kappa shape index (κ1) is 20.3. The van der Waals surface area contributed by atoms with E-state index in [9.17, 15) is 4.79 Å². The fraction of sp³-hybridized carbons (Fsp3) is 0.947. The quantitative estimate of drug-likeness (QED) is 0.632. The predicted octanol–water partition coefficient (Wildman–Crippen LogP) is 4.77. The van der Waals surface area contributed by atoms with Crippen LogP contribution in [0.3, 0.4) is 0 Å². The van der Waals surface area contributed by atoms with Crippen molar-refractivity contribution in [2.75, 3.05) is 0 Å². The molecule has 23 heavy (non-hydrogen) atoms. The van der Waals surface area contributed by atoms with Crippen molar-refractivity contribution in [3.05, 3.63) is 0 Å². The summed E-state index contributed by atoms with van der Waals surface area (Å²) in [5.41, 5.74) is -0.437. The second kappa shape index (κ2) is 10.2. The number of alkyl carbamates (subject to hydrolysis) is 1. The largest absolute Gasteiger partial charge is 0.444 e. The predicted molar refractivity (Wildman–Crippen MR) is 96.8 cm³/mol. The van der Waals surface area contributed by atoms with Gasteiger partial charge in [-0.25, -0.2) is 4.79 Å². The molecule has 0 aromatic carbocycles. The number of amides is 1. The minimum atomic E-state index is -0.437. The molecule has 0 bridgehead atoms. The Balaban J connectivity index is 2.51. The van der Waals surface area contributed by atoms with Gasteiger partial charge in [0.2, 0.25) is 0 Å². The van der Waals surface area contributed by atoms with Crippen LogP contribution in [-0.4, -0.2) is 29.8 Å². The molecule has 136 valence electrons. The zero-order valence-corrected chi connectivity index (χ0v) is 15.9. The summed E-state index contributed by atoms with van der Waals surface area (Å²) in [6.07, 6.45) is 10.6. The minimum Gasteiger partial charge on any atom is -0.444 e. The van der Waals surface area contributed by atoms with Gasteiger partial charge in [0.1, 0.15) is 5.60 Å². The van der Waals surface area contributed by atoms with E-state index >= 15 is 0 Å². The molecule has 1 unspecified atom stereocenters. The van der Waals surface area contributed by atoms with Crippen LogP contribution in [-0.2, 0) is 4.74 Å². The Kier molecular flexibility index (Phi) is 8.96. The van der Waals surface area contributed by atoms with Gasteiger partial charge in [-0.05, 0) is 46.5 Å². The number of carbonyl (C=O) groups is 1. The number of hydrogen-bond donors (Lipinski definition) is 2. The van der Waals surface area contributed by atoms with Gasteiger partial charge in [-0.15, -0.1) is 0 Å². The first-order valence-electron chi connectivity index (χ1n) is 9.61. The highest BCUT2D eigenvalue weighted by Crippen LogP contribution is 2.21. The van der Waals surface area contributed by atoms with E-state index < -0.39 is 5.60 Å². The molecule has 1 amide bonds. The first-order valence-corrected chi connectivity index (χ1v) is 9.61. The van der Waals surface area contributed by atoms with E-state index in [1.807, 2.05) is 20.8 Å². The normalized spacial score (nSPS) is 23.3. The van der Waals surface area contributed by atoms with Crippen LogP contribution < -0.4 is 10.6 Å². The Labute approximate surface area is 143 Å². The molecule has 4 nitrogen and oxygen atoms in total. The fourth-order valence-corrected chi connectivity index (χ4v) is 3.31. The Bertz CT molecular complexity index is 339. The average molecular weight is 327 g/mol. The zero-order chi connectivity index (χ0) is 17.3. The average Bonchev–Trinajstić information content (AvgIpc) is 2.46. The standard InChI is InChI=1S/C19H38N2O2/c1-6-8-9-12-15(7-2)20-16-13-10-11-14-17(16)21-18(22)23-19(3,4)5/h15-17,20H,6-14H2,1-5H3,(H,21,22)/t15?,16-,17-/m1/s1. The molecule has 2 N–H and O–H groups in total. The van der Waals surface area contributed by atoms with Crippen LogP contribution in [0.15, 0.2) is 0 Å². The molecule has 1 saturated carbocycles. The van der Waals surface area contributed by atoms with Crippen LogP contribution in [0.5, 0.6) is 0 Å². The number of nitrogens with one attached hydrogen (secondary N) is 2. The van der Waals surface area contributed by atoms with Crippen molar-refractivity contribution in [2.45, 2.75) is 116 Å². The summed E-state index contributed by atoms with van der Waals surface area (Å²) < 4.78 is 5.42. The van der Waals surface area contributed by atoms with Gasteiger partial charge in [-0.1, -0.05) is 46.0 Å². The topological polar surface area (TPSA) is 50.4 Å². The number of rotatable bonds is 8. The third-order valence-corrected chi connectivity index (χ3v) is 4.57. The summed E-state index contributed by atoms with van der Waals surface area (Å²) in [5.74, 6) is 0. The van der Waals surface area contributed by atoms with Crippen molar-refractivity contribution in [3.8, 4) is 0 Å². The molecular weight excluding hydrogens is 288 g/mol. The highest BCUT2D eigenvalue weighted by atomic mass is 16.6. The summed E-state index contributed by atoms with van der Waals surface area (Å²) in [4.78, 5) is 12.1. The smallest absolute Gasteiger partial charge is 0.407 e. The lowest BCUT2D eigenvalue weighted by Crippen LogP contribution is -2.54. The Morgan fingerprint density at radius 2 is 1.78 bits per heavy atom. The van der Waals surface area contributed by atoms with E-state index in [1.54, 1.807) is 0 Å². The fourth-order valence-electron chi connectivity index (χ4n) is 3.31. The van der Waals surface area contributed by atoms with Crippen molar-refractivity contribution >= 4 is 6.09 Å². The maximum absolute atomic E-state index is 12.1. The molecule has 0 aromatic rings. The summed E-state index contributed by atoms with van der Waals surface area (Å²) in [6, 6.07) is 1.13. The second-order valence-corrected chi connectivity index (χ2v) is 7.91. The molecule has 0 aromatic heterocycles. The number of unbranched alkanes of at least 4 members (excludes halogenated alkanes) is 2. The van der Waals surface area contributed by atoms with Gasteiger partial charge in [0, 0.05) is 18.1 Å². The van der Waals surface area contributed by atoms with E-state index in [4.69, 9.17) is 4.74 Å². The molecule has 1 rings (SSSR count). The van der Waals surface area contributed by atoms with Crippen molar-refractivity contribution < 1.29 is 9.53 Å². The van der Waals surface area contributed by atoms with E-state index in [2.05, 4.69) is 24.5 Å². The molecule has 0 aliphatic heterocycles. The molecule has 4 heteroatoms. The highest BCUT2D eigenvalue weighted by molar-refractivity contribution is 5.68. The van der Waals surface area contributed by atoms with Crippen LogP contribution in [0.2, 0.25) is 0 Å². The first-order chi connectivity index (χ1) is 10.9. The van der Waals surface area contributed by atoms with E-state index in [0.717, 1.165) is 19.3 Å². The minimum absolute atomic E-state index is 0.193. The molecule has 0 heterocycles. The van der Waals surface area contributed by atoms with Crippen molar-refractivity contribution in [1.82, 2.24) is 10.6 Å². The lowest BCUT2D eigenvalue weighted by Gasteiger charge is -2.36. The third kappa shape index (κ3) is 8.59. The molecule has 1 fully saturated rings. The number of hydrogen-bond acceptors (Lipinski definition) is 3. The Hall–Kier alpha value is -0.770. The Morgan fingerprint density at radius 3 is 2.35 bits per heavy atom. The van der Waals surface area contributed by atoms with Crippen molar-refractivity contribution in [3.63, 3.8) is 0 Å². The maximum atomic E-state index is 12.1. The van der Waals surface area contributed by atoms with Gasteiger partial charge in [0.15, 0.2) is 0 Å². The van der Waals surface area contributed by atoms with Gasteiger partial charge < -0.3 is 15.4 Å². The van der Waals surface area contributed by atoms with E-state index in [0.29, 0.717) is 12.1 Å². The number of ether oxygens (including phenoxy) is 1. The molecule has 0 spiro atoms. The lowest BCUT2D eigenvalue weighted by molar-refractivity contribution is 0.0476. The summed E-state index contributed by atoms with van der Waals surface area (Å²) in [5, 5.41) is 6.91. The number of carbonyl (C=O) groups excluding carboxylic acids is 1. The second-order valence-electron chi connectivity index (χ2n) is 7.91. The molecule has 1 aliphatic carbocycles. The Morgan fingerprint density at radius 1 is 1.13 bits per heavy atom. The van der Waals surface area contributed by atoms with Gasteiger partial charge in [0.05, 0.1) is 0 Å². The zero-order valence-electron chi connectivity index (χ0n) is 15.9. The molecule has 0 radical (unpaired) electrons. The third-order valence-electron chi connectivity index (χ3n) is 4.57. The van der Waals surface area contributed by atoms with Gasteiger partial charge in [0.25, 0.3) is 0 Å². The SMILES string of the molecule is CCCCCC(CC)N[C@@H]1CCCC[C@H]1NC(=O)OC(C)(C)C. The maximum Gasteiger partial charge on any atom is 0.407 e. The summed E-state index contributed by atoms with van der Waals surface area (Å²) in [7, 11) is 0. The van der Waals surface area contributed by atoms with Gasteiger partial charge in [-0.3, -0.25) is 0 Å². The van der Waals surface area contributed by atoms with E-state index in [1.165, 1.54) is 38.5 Å². The van der Waals surface area contributed by atoms with Crippen LogP contribution in [0.25, 0.3) is 0 Å². The summed E-state index contributed by atoms with van der Waals surface area (Å²) >= 11 is 0. The van der Waals surface area contributed by atoms with Crippen LogP contribution in [0, 0.1) is 0 Å². The van der Waals surface area contributed by atoms with E-state index in [-0.39, 0.29) is 12.1 Å². The highest BCUT2D eigenvalue weighted by Gasteiger charge is 2.29. The lowest BCUT2D eigenvalue weighted by atomic mass is 9.89. The van der Waals surface area contributed by atoms with Crippen molar-refractivity contribution in [2.24, 2.45) is 0 Å². The van der Waals surface area contributed by atoms with Crippen LogP contribution >= 0.6 is 0 Å². The monoisotopic (exact) mass is 326 g/mol. The van der Waals surface area contributed by atoms with Crippen molar-refractivity contribution in [1.29, 1.82) is 0 Å².